The predicted octanol–water partition coefficient (Wildman–Crippen LogP) is 3.72. The molecule has 1 unspecified atom stereocenters. The third kappa shape index (κ3) is 4.21. The predicted molar refractivity (Wildman–Crippen MR) is 107 cm³/mol. The first-order valence-electron chi connectivity index (χ1n) is 10.0. The maximum Gasteiger partial charge on any atom is 0.317 e. The van der Waals surface area contributed by atoms with Crippen LogP contribution < -0.4 is 14.8 Å². The summed E-state index contributed by atoms with van der Waals surface area (Å²) in [6.45, 7) is 1.42. The van der Waals surface area contributed by atoms with Gasteiger partial charge in [-0.2, -0.15) is 0 Å². The average molecular weight is 381 g/mol. The minimum atomic E-state index is 0.0241. The highest BCUT2D eigenvalue weighted by Gasteiger charge is 2.27. The molecule has 0 radical (unpaired) electrons. The largest absolute Gasteiger partial charge is 0.497 e. The van der Waals surface area contributed by atoms with Crippen molar-refractivity contribution in [2.45, 2.75) is 44.2 Å². The van der Waals surface area contributed by atoms with E-state index in [9.17, 15) is 4.79 Å². The van der Waals surface area contributed by atoms with Gasteiger partial charge in [0.25, 0.3) is 0 Å². The van der Waals surface area contributed by atoms with Crippen molar-refractivity contribution in [2.24, 2.45) is 0 Å². The molecule has 2 aliphatic rings. The Morgan fingerprint density at radius 3 is 2.64 bits per heavy atom. The third-order valence-corrected chi connectivity index (χ3v) is 5.64. The van der Waals surface area contributed by atoms with E-state index in [2.05, 4.69) is 22.4 Å². The van der Waals surface area contributed by atoms with Crippen LogP contribution in [-0.2, 0) is 6.42 Å². The summed E-state index contributed by atoms with van der Waals surface area (Å²) < 4.78 is 11.3. The van der Waals surface area contributed by atoms with Crippen molar-refractivity contribution in [3.8, 4) is 11.5 Å². The molecule has 4 rings (SSSR count). The number of amides is 2. The Hall–Kier alpha value is -2.76. The minimum Gasteiger partial charge on any atom is -0.497 e. The number of likely N-dealkylation sites (tertiary alicyclic amines) is 1. The molecule has 148 valence electrons. The second-order valence-electron chi connectivity index (χ2n) is 7.45. The lowest BCUT2D eigenvalue weighted by Crippen LogP contribution is -2.47. The van der Waals surface area contributed by atoms with Crippen LogP contribution in [0.4, 0.5) is 4.79 Å². The van der Waals surface area contributed by atoms with E-state index < -0.39 is 0 Å². The van der Waals surface area contributed by atoms with Crippen molar-refractivity contribution in [1.82, 2.24) is 15.2 Å². The third-order valence-electron chi connectivity index (χ3n) is 5.64. The number of fused-ring (bicyclic) bond motifs is 1. The fraction of sp³-hybridized carbons (Fsp3) is 0.455. The maximum absolute atomic E-state index is 12.8. The number of rotatable bonds is 4. The molecule has 6 nitrogen and oxygen atoms in total. The highest BCUT2D eigenvalue weighted by atomic mass is 16.5. The Kier molecular flexibility index (Phi) is 5.65. The van der Waals surface area contributed by atoms with Gasteiger partial charge in [-0.15, -0.1) is 0 Å². The highest BCUT2D eigenvalue weighted by Crippen LogP contribution is 2.32. The van der Waals surface area contributed by atoms with Crippen LogP contribution in [-0.4, -0.2) is 42.2 Å². The van der Waals surface area contributed by atoms with Gasteiger partial charge in [-0.1, -0.05) is 6.07 Å². The molecule has 0 saturated carbocycles. The van der Waals surface area contributed by atoms with E-state index in [4.69, 9.17) is 9.47 Å². The molecule has 0 bridgehead atoms. The van der Waals surface area contributed by atoms with Gasteiger partial charge in [-0.3, -0.25) is 4.98 Å². The molecule has 1 N–H and O–H groups in total. The van der Waals surface area contributed by atoms with Crippen molar-refractivity contribution in [3.63, 3.8) is 0 Å². The Morgan fingerprint density at radius 1 is 1.11 bits per heavy atom. The lowest BCUT2D eigenvalue weighted by Gasteiger charge is -2.34. The zero-order valence-corrected chi connectivity index (χ0v) is 16.3. The van der Waals surface area contributed by atoms with Gasteiger partial charge in [0.15, 0.2) is 0 Å². The van der Waals surface area contributed by atoms with E-state index in [1.54, 1.807) is 19.5 Å². The van der Waals surface area contributed by atoms with Gasteiger partial charge < -0.3 is 19.7 Å². The van der Waals surface area contributed by atoms with Crippen molar-refractivity contribution in [1.29, 1.82) is 0 Å². The summed E-state index contributed by atoms with van der Waals surface area (Å²) in [5.74, 6) is 1.72. The summed E-state index contributed by atoms with van der Waals surface area (Å²) in [6.07, 6.45) is 8.39. The summed E-state index contributed by atoms with van der Waals surface area (Å²) in [5, 5.41) is 3.24. The van der Waals surface area contributed by atoms with E-state index in [1.165, 1.54) is 11.1 Å². The molecule has 6 heteroatoms. The van der Waals surface area contributed by atoms with Crippen molar-refractivity contribution < 1.29 is 14.3 Å². The number of hydrogen-bond acceptors (Lipinski definition) is 4. The first-order chi connectivity index (χ1) is 13.7. The Bertz CT molecular complexity index is 804. The Labute approximate surface area is 165 Å². The molecule has 0 spiro atoms. The van der Waals surface area contributed by atoms with Crippen LogP contribution in [0, 0.1) is 0 Å². The molecule has 1 saturated heterocycles. The quantitative estimate of drug-likeness (QED) is 0.877. The Balaban J connectivity index is 1.32. The van der Waals surface area contributed by atoms with Gasteiger partial charge in [0.05, 0.1) is 13.2 Å². The van der Waals surface area contributed by atoms with E-state index in [0.29, 0.717) is 13.1 Å². The van der Waals surface area contributed by atoms with Crippen molar-refractivity contribution >= 4 is 6.03 Å². The van der Waals surface area contributed by atoms with Crippen LogP contribution in [0.5, 0.6) is 11.5 Å². The summed E-state index contributed by atoms with van der Waals surface area (Å²) >= 11 is 0. The average Bonchev–Trinajstić information content (AvgIpc) is 2.75. The molecule has 2 aromatic rings. The number of carbonyl (C=O) groups excluding carboxylic acids is 1. The smallest absolute Gasteiger partial charge is 0.317 e. The first-order valence-corrected chi connectivity index (χ1v) is 10.0. The number of hydrogen-bond donors (Lipinski definition) is 1. The van der Waals surface area contributed by atoms with Gasteiger partial charge in [0.1, 0.15) is 17.6 Å². The number of benzene rings is 1. The van der Waals surface area contributed by atoms with Crippen molar-refractivity contribution in [3.05, 3.63) is 53.9 Å². The molecule has 2 heterocycles. The monoisotopic (exact) mass is 381 g/mol. The standard InChI is InChI=1S/C22H27N3O3/c1-27-19-5-6-20-16(15-19)3-2-4-21(20)24-22(26)25-13-9-18(10-14-25)28-17-7-11-23-12-8-17/h5-8,11-12,15,18,21H,2-4,9-10,13-14H2,1H3,(H,24,26). The summed E-state index contributed by atoms with van der Waals surface area (Å²) in [7, 11) is 1.69. The van der Waals surface area contributed by atoms with E-state index in [1.807, 2.05) is 23.1 Å². The SMILES string of the molecule is COc1ccc2c(c1)CCCC2NC(=O)N1CCC(Oc2ccncc2)CC1. The van der Waals surface area contributed by atoms with Crippen LogP contribution in [0.15, 0.2) is 42.7 Å². The minimum absolute atomic E-state index is 0.0241. The molecule has 1 atom stereocenters. The second-order valence-corrected chi connectivity index (χ2v) is 7.45. The number of nitrogens with zero attached hydrogens (tertiary/aromatic N) is 2. The molecular formula is C22H27N3O3. The molecule has 28 heavy (non-hydrogen) atoms. The topological polar surface area (TPSA) is 63.7 Å². The van der Waals surface area contributed by atoms with E-state index >= 15 is 0 Å². The molecule has 1 aromatic heterocycles. The maximum atomic E-state index is 12.8. The molecular weight excluding hydrogens is 354 g/mol. The van der Waals surface area contributed by atoms with Crippen molar-refractivity contribution in [2.75, 3.05) is 20.2 Å². The van der Waals surface area contributed by atoms with Crippen LogP contribution in [0.2, 0.25) is 0 Å². The lowest BCUT2D eigenvalue weighted by atomic mass is 9.87. The number of piperidine rings is 1. The normalized spacial score (nSPS) is 19.6. The lowest BCUT2D eigenvalue weighted by molar-refractivity contribution is 0.109. The molecule has 1 fully saturated rings. The first kappa shape index (κ1) is 18.6. The van der Waals surface area contributed by atoms with Crippen LogP contribution in [0.25, 0.3) is 0 Å². The van der Waals surface area contributed by atoms with E-state index in [0.717, 1.165) is 43.6 Å². The van der Waals surface area contributed by atoms with Gasteiger partial charge in [0, 0.05) is 38.3 Å². The number of ether oxygens (including phenoxy) is 2. The van der Waals surface area contributed by atoms with Gasteiger partial charge >= 0.3 is 6.03 Å². The molecule has 1 aliphatic carbocycles. The number of carbonyl (C=O) groups is 1. The molecule has 2 amide bonds. The van der Waals surface area contributed by atoms with Gasteiger partial charge in [-0.25, -0.2) is 4.79 Å². The fourth-order valence-electron chi connectivity index (χ4n) is 4.09. The van der Waals surface area contributed by atoms with Gasteiger partial charge in [0.2, 0.25) is 0 Å². The van der Waals surface area contributed by atoms with Crippen LogP contribution in [0.3, 0.4) is 0 Å². The number of pyridine rings is 1. The second kappa shape index (κ2) is 8.50. The zero-order valence-electron chi connectivity index (χ0n) is 16.3. The summed E-state index contributed by atoms with van der Waals surface area (Å²) in [5.41, 5.74) is 2.50. The number of aromatic nitrogens is 1. The highest BCUT2D eigenvalue weighted by molar-refractivity contribution is 5.75. The number of urea groups is 1. The van der Waals surface area contributed by atoms with Crippen LogP contribution >= 0.6 is 0 Å². The van der Waals surface area contributed by atoms with E-state index in [-0.39, 0.29) is 18.2 Å². The zero-order chi connectivity index (χ0) is 19.3. The number of methoxy groups -OCH3 is 1. The Morgan fingerprint density at radius 2 is 1.89 bits per heavy atom. The fourth-order valence-corrected chi connectivity index (χ4v) is 4.09. The molecule has 1 aliphatic heterocycles. The summed E-state index contributed by atoms with van der Waals surface area (Å²) in [4.78, 5) is 18.7. The number of nitrogens with one attached hydrogen (secondary N) is 1. The van der Waals surface area contributed by atoms with Crippen LogP contribution in [0.1, 0.15) is 42.9 Å². The number of aryl methyl sites for hydroxylation is 1. The summed E-state index contributed by atoms with van der Waals surface area (Å²) in [6, 6.07) is 10.0. The van der Waals surface area contributed by atoms with Gasteiger partial charge in [-0.05, 0) is 54.7 Å². The molecule has 1 aromatic carbocycles.